The molecular weight excluding hydrogens is 614 g/mol. The van der Waals surface area contributed by atoms with Crippen LogP contribution in [0.5, 0.6) is 0 Å². The Morgan fingerprint density at radius 3 is 2.24 bits per heavy atom. The van der Waals surface area contributed by atoms with Crippen molar-refractivity contribution in [2.24, 2.45) is 0 Å². The maximum absolute atomic E-state index is 12.6. The van der Waals surface area contributed by atoms with Crippen molar-refractivity contribution >= 4 is 51.2 Å². The molecule has 4 aromatic carbocycles. The van der Waals surface area contributed by atoms with E-state index in [2.05, 4.69) is 52.7 Å². The molecule has 2 N–H and O–H groups in total. The number of carbonyl (C=O) groups is 2. The molecule has 8 heteroatoms. The first-order valence-electron chi connectivity index (χ1n) is 15.4. The summed E-state index contributed by atoms with van der Waals surface area (Å²) in [5.74, 6) is -1.24. The number of amides is 1. The molecule has 0 radical (unpaired) electrons. The van der Waals surface area contributed by atoms with Crippen molar-refractivity contribution in [2.75, 3.05) is 11.4 Å². The minimum atomic E-state index is -0.948. The first-order chi connectivity index (χ1) is 22.4. The van der Waals surface area contributed by atoms with Gasteiger partial charge in [0.1, 0.15) is 0 Å². The predicted octanol–water partition coefficient (Wildman–Crippen LogP) is 9.63. The molecule has 0 saturated carbocycles. The van der Waals surface area contributed by atoms with Gasteiger partial charge in [0.2, 0.25) is 0 Å². The quantitative estimate of drug-likeness (QED) is 0.149. The van der Waals surface area contributed by atoms with Gasteiger partial charge in [-0.15, -0.1) is 0 Å². The summed E-state index contributed by atoms with van der Waals surface area (Å²) in [6, 6.07) is 34.3. The van der Waals surface area contributed by atoms with Gasteiger partial charge in [-0.3, -0.25) is 9.59 Å². The normalized spacial score (nSPS) is 12.8. The minimum Gasteiger partial charge on any atom is -0.481 e. The fraction of sp³-hybridized carbons (Fsp3) is 0.184. The van der Waals surface area contributed by atoms with Crippen molar-refractivity contribution in [1.29, 1.82) is 0 Å². The molecule has 1 heterocycles. The maximum atomic E-state index is 12.6. The average molecular weight is 648 g/mol. The molecule has 0 fully saturated rings. The van der Waals surface area contributed by atoms with Crippen LogP contribution in [0.4, 0.5) is 10.8 Å². The Hall–Kier alpha value is -4.72. The molecule has 1 aromatic heterocycles. The number of aliphatic carboxylic acids is 1. The highest BCUT2D eigenvalue weighted by molar-refractivity contribution is 7.19. The number of carboxylic acids is 1. The lowest BCUT2D eigenvalue weighted by molar-refractivity contribution is -0.136. The third-order valence-electron chi connectivity index (χ3n) is 8.02. The number of hydrogen-bond acceptors (Lipinski definition) is 5. The summed E-state index contributed by atoms with van der Waals surface area (Å²) in [6.45, 7) is 0.616. The van der Waals surface area contributed by atoms with Crippen LogP contribution in [-0.4, -0.2) is 28.5 Å². The molecule has 232 valence electrons. The smallest absolute Gasteiger partial charge is 0.305 e. The number of nitrogens with zero attached hydrogens (tertiary/aromatic N) is 2. The number of nitrogens with one attached hydrogen (secondary N) is 1. The van der Waals surface area contributed by atoms with Crippen molar-refractivity contribution < 1.29 is 14.7 Å². The van der Waals surface area contributed by atoms with Crippen molar-refractivity contribution in [1.82, 2.24) is 10.3 Å². The maximum Gasteiger partial charge on any atom is 0.305 e. The van der Waals surface area contributed by atoms with Gasteiger partial charge in [0, 0.05) is 28.4 Å². The number of aromatic nitrogens is 1. The third kappa shape index (κ3) is 7.56. The van der Waals surface area contributed by atoms with Crippen molar-refractivity contribution in [3.8, 4) is 21.7 Å². The molecule has 0 aliphatic heterocycles. The van der Waals surface area contributed by atoms with Crippen LogP contribution in [-0.2, 0) is 11.3 Å². The highest BCUT2D eigenvalue weighted by atomic mass is 35.5. The fourth-order valence-electron chi connectivity index (χ4n) is 5.57. The number of halogens is 1. The Morgan fingerprint density at radius 1 is 0.848 bits per heavy atom. The summed E-state index contributed by atoms with van der Waals surface area (Å²) in [5.41, 5.74) is 8.15. The second kappa shape index (κ2) is 14.6. The first kappa shape index (κ1) is 31.3. The van der Waals surface area contributed by atoms with Gasteiger partial charge in [-0.05, 0) is 84.3 Å². The van der Waals surface area contributed by atoms with Crippen molar-refractivity contribution in [3.05, 3.63) is 131 Å². The van der Waals surface area contributed by atoms with E-state index >= 15 is 0 Å². The Morgan fingerprint density at radius 2 is 1.57 bits per heavy atom. The number of anilines is 2. The van der Waals surface area contributed by atoms with Gasteiger partial charge in [-0.1, -0.05) is 95.7 Å². The average Bonchev–Trinajstić information content (AvgIpc) is 3.54. The van der Waals surface area contributed by atoms with Crippen LogP contribution in [0.15, 0.2) is 109 Å². The number of carbonyl (C=O) groups excluding carboxylic acids is 1. The topological polar surface area (TPSA) is 82.5 Å². The Balaban J connectivity index is 1.36. The highest BCUT2D eigenvalue weighted by Crippen LogP contribution is 2.43. The Kier molecular flexibility index (Phi) is 9.91. The summed E-state index contributed by atoms with van der Waals surface area (Å²) in [7, 11) is 0. The van der Waals surface area contributed by atoms with Gasteiger partial charge in [0.15, 0.2) is 5.13 Å². The summed E-state index contributed by atoms with van der Waals surface area (Å²) in [6.07, 6.45) is 6.96. The SMILES string of the molecule is O=C(O)CCNC(=O)c1ccc(CN(c2ccc(C3=CCCCC3)cc2)c2nc(-c3ccc(Cl)cc3)c(-c3ccccc3)s2)cc1. The summed E-state index contributed by atoms with van der Waals surface area (Å²) < 4.78 is 0. The fourth-order valence-corrected chi connectivity index (χ4v) is 6.81. The first-order valence-corrected chi connectivity index (χ1v) is 16.6. The third-order valence-corrected chi connectivity index (χ3v) is 9.40. The molecule has 6 nitrogen and oxygen atoms in total. The van der Waals surface area contributed by atoms with E-state index in [0.717, 1.165) is 50.9 Å². The van der Waals surface area contributed by atoms with Gasteiger partial charge < -0.3 is 15.3 Å². The standard InChI is InChI=1S/C38H34ClN3O3S/c39-32-19-15-29(16-20-32)35-36(30-9-5-2-6-10-30)46-38(41-35)42(33-21-17-28(18-22-33)27-7-3-1-4-8-27)25-26-11-13-31(14-12-26)37(45)40-24-23-34(43)44/h2,5-7,9-22H,1,3-4,8,23-25H2,(H,40,45)(H,43,44). The molecule has 0 saturated heterocycles. The second-order valence-corrected chi connectivity index (χ2v) is 12.7. The van der Waals surface area contributed by atoms with Crippen molar-refractivity contribution in [3.63, 3.8) is 0 Å². The molecule has 1 amide bonds. The molecule has 0 unspecified atom stereocenters. The van der Waals surface area contributed by atoms with Gasteiger partial charge in [0.05, 0.1) is 23.5 Å². The molecule has 6 rings (SSSR count). The number of carboxylic acid groups (broad SMARTS) is 1. The lowest BCUT2D eigenvalue weighted by atomic mass is 9.93. The van der Waals surface area contributed by atoms with Crippen LogP contribution >= 0.6 is 22.9 Å². The van der Waals surface area contributed by atoms with E-state index in [1.54, 1.807) is 23.5 Å². The van der Waals surface area contributed by atoms with E-state index in [1.165, 1.54) is 24.0 Å². The lowest BCUT2D eigenvalue weighted by Gasteiger charge is -2.23. The van der Waals surface area contributed by atoms with Crippen LogP contribution in [0.2, 0.25) is 5.02 Å². The van der Waals surface area contributed by atoms with E-state index in [9.17, 15) is 9.59 Å². The van der Waals surface area contributed by atoms with Gasteiger partial charge in [-0.25, -0.2) is 4.98 Å². The largest absolute Gasteiger partial charge is 0.481 e. The zero-order chi connectivity index (χ0) is 31.9. The van der Waals surface area contributed by atoms with Gasteiger partial charge >= 0.3 is 5.97 Å². The van der Waals surface area contributed by atoms with E-state index in [4.69, 9.17) is 21.7 Å². The molecular formula is C38H34ClN3O3S. The summed E-state index contributed by atoms with van der Waals surface area (Å²) in [4.78, 5) is 31.9. The molecule has 1 aliphatic rings. The Bertz CT molecular complexity index is 1830. The number of allylic oxidation sites excluding steroid dienone is 2. The zero-order valence-corrected chi connectivity index (χ0v) is 26.9. The molecule has 0 spiro atoms. The Labute approximate surface area is 278 Å². The molecule has 46 heavy (non-hydrogen) atoms. The second-order valence-electron chi connectivity index (χ2n) is 11.3. The minimum absolute atomic E-state index is 0.0837. The summed E-state index contributed by atoms with van der Waals surface area (Å²) in [5, 5.41) is 13.1. The van der Waals surface area contributed by atoms with E-state index in [-0.39, 0.29) is 18.9 Å². The molecule has 0 atom stereocenters. The van der Waals surface area contributed by atoms with Crippen LogP contribution in [0.25, 0.3) is 27.3 Å². The van der Waals surface area contributed by atoms with Crippen LogP contribution < -0.4 is 10.2 Å². The van der Waals surface area contributed by atoms with Crippen molar-refractivity contribution in [2.45, 2.75) is 38.6 Å². The van der Waals surface area contributed by atoms with E-state index in [0.29, 0.717) is 17.1 Å². The van der Waals surface area contributed by atoms with Crippen LogP contribution in [0.1, 0.15) is 53.6 Å². The molecule has 5 aromatic rings. The van der Waals surface area contributed by atoms with Crippen LogP contribution in [0.3, 0.4) is 0 Å². The number of benzene rings is 4. The predicted molar refractivity (Wildman–Crippen MR) is 188 cm³/mol. The molecule has 1 aliphatic carbocycles. The number of thiazole rings is 1. The number of rotatable bonds is 11. The number of hydrogen-bond donors (Lipinski definition) is 2. The van der Waals surface area contributed by atoms with Gasteiger partial charge in [-0.2, -0.15) is 0 Å². The van der Waals surface area contributed by atoms with Crippen LogP contribution in [0, 0.1) is 0 Å². The van der Waals surface area contributed by atoms with E-state index < -0.39 is 5.97 Å². The van der Waals surface area contributed by atoms with Gasteiger partial charge in [0.25, 0.3) is 5.91 Å². The monoisotopic (exact) mass is 647 g/mol. The van der Waals surface area contributed by atoms with E-state index in [1.807, 2.05) is 54.6 Å². The molecule has 0 bridgehead atoms. The zero-order valence-electron chi connectivity index (χ0n) is 25.3. The summed E-state index contributed by atoms with van der Waals surface area (Å²) >= 11 is 7.88. The highest BCUT2D eigenvalue weighted by Gasteiger charge is 2.21. The lowest BCUT2D eigenvalue weighted by Crippen LogP contribution is -2.26.